The molecule has 0 fully saturated rings. The van der Waals surface area contributed by atoms with Crippen LogP contribution in [-0.2, 0) is 22.7 Å². The Hall–Kier alpha value is -5.29. The molecule has 1 amide bonds. The van der Waals surface area contributed by atoms with Crippen LogP contribution >= 0.6 is 0 Å². The molecule has 47 heavy (non-hydrogen) atoms. The van der Waals surface area contributed by atoms with Crippen LogP contribution in [0, 0.1) is 6.92 Å². The normalized spacial score (nSPS) is 14.9. The average molecular weight is 658 g/mol. The summed E-state index contributed by atoms with van der Waals surface area (Å²) < 4.78 is 76.6. The highest BCUT2D eigenvalue weighted by Crippen LogP contribution is 2.44. The maximum absolute atomic E-state index is 14.5. The lowest BCUT2D eigenvalue weighted by Crippen LogP contribution is -2.49. The molecule has 5 aromatic carbocycles. The Morgan fingerprint density at radius 3 is 2.19 bits per heavy atom. The van der Waals surface area contributed by atoms with Gasteiger partial charge in [-0.15, -0.1) is 0 Å². The predicted octanol–water partition coefficient (Wildman–Crippen LogP) is 8.19. The molecule has 240 valence electrons. The van der Waals surface area contributed by atoms with E-state index in [-0.39, 0.29) is 22.6 Å². The van der Waals surface area contributed by atoms with Gasteiger partial charge in [-0.25, -0.2) is 8.42 Å². The van der Waals surface area contributed by atoms with Crippen molar-refractivity contribution in [2.75, 3.05) is 21.6 Å². The number of alkyl halides is 3. The van der Waals surface area contributed by atoms with Crippen molar-refractivity contribution < 1.29 is 31.1 Å². The quantitative estimate of drug-likeness (QED) is 0.182. The third kappa shape index (κ3) is 6.52. The zero-order valence-corrected chi connectivity index (χ0v) is 26.2. The fourth-order valence-electron chi connectivity index (χ4n) is 5.61. The predicted molar refractivity (Wildman–Crippen MR) is 175 cm³/mol. The van der Waals surface area contributed by atoms with Gasteiger partial charge in [-0.05, 0) is 84.8 Å². The van der Waals surface area contributed by atoms with Gasteiger partial charge in [0.05, 0.1) is 28.8 Å². The molecular formula is C36H30F3N3O4S. The van der Waals surface area contributed by atoms with E-state index in [1.54, 1.807) is 42.5 Å². The Balaban J connectivity index is 1.52. The maximum atomic E-state index is 14.5. The summed E-state index contributed by atoms with van der Waals surface area (Å²) in [5.74, 6) is -0.00516. The minimum Gasteiger partial charge on any atom is -0.497 e. The van der Waals surface area contributed by atoms with Crippen molar-refractivity contribution in [3.8, 4) is 5.75 Å². The van der Waals surface area contributed by atoms with E-state index in [0.29, 0.717) is 22.8 Å². The van der Waals surface area contributed by atoms with Gasteiger partial charge < -0.3 is 9.64 Å². The summed E-state index contributed by atoms with van der Waals surface area (Å²) in [7, 11) is -2.64. The van der Waals surface area contributed by atoms with E-state index in [2.05, 4.69) is 4.72 Å². The highest BCUT2D eigenvalue weighted by atomic mass is 32.2. The second kappa shape index (κ2) is 12.5. The lowest BCUT2D eigenvalue weighted by Gasteiger charge is -2.46. The van der Waals surface area contributed by atoms with Crippen LogP contribution in [0.3, 0.4) is 0 Å². The number of aryl methyl sites for hydroxylation is 1. The van der Waals surface area contributed by atoms with Crippen molar-refractivity contribution in [1.29, 1.82) is 0 Å². The summed E-state index contributed by atoms with van der Waals surface area (Å²) in [6.07, 6.45) is -5.61. The number of carbonyl (C=O) groups excluding carboxylic acids is 1. The number of hydrogen-bond donors (Lipinski definition) is 1. The second-order valence-electron chi connectivity index (χ2n) is 11.1. The van der Waals surface area contributed by atoms with E-state index in [0.717, 1.165) is 23.3 Å². The highest BCUT2D eigenvalue weighted by Gasteiger charge is 2.41. The van der Waals surface area contributed by atoms with Crippen molar-refractivity contribution >= 4 is 33.0 Å². The van der Waals surface area contributed by atoms with Crippen molar-refractivity contribution in [1.82, 2.24) is 0 Å². The summed E-state index contributed by atoms with van der Waals surface area (Å²) in [6.45, 7) is 2.09. The number of amides is 1. The number of nitrogens with one attached hydrogen (secondary N) is 1. The number of carbonyl (C=O) groups is 1. The van der Waals surface area contributed by atoms with E-state index < -0.39 is 33.8 Å². The molecule has 0 aliphatic carbocycles. The lowest BCUT2D eigenvalue weighted by molar-refractivity contribution is -0.137. The van der Waals surface area contributed by atoms with Gasteiger partial charge in [0.15, 0.2) is 0 Å². The molecule has 7 nitrogen and oxygen atoms in total. The number of benzene rings is 5. The Morgan fingerprint density at radius 1 is 0.830 bits per heavy atom. The van der Waals surface area contributed by atoms with Crippen molar-refractivity contribution in [3.05, 3.63) is 149 Å². The van der Waals surface area contributed by atoms with Crippen LogP contribution in [0.15, 0.2) is 126 Å². The molecule has 0 saturated carbocycles. The second-order valence-corrected chi connectivity index (χ2v) is 12.8. The molecule has 11 heteroatoms. The molecule has 1 atom stereocenters. The van der Waals surface area contributed by atoms with E-state index in [1.807, 2.05) is 54.3 Å². The number of rotatable bonds is 8. The van der Waals surface area contributed by atoms with Crippen molar-refractivity contribution in [2.45, 2.75) is 30.7 Å². The first kappa shape index (κ1) is 31.7. The Bertz CT molecular complexity index is 2020. The summed E-state index contributed by atoms with van der Waals surface area (Å²) in [4.78, 5) is 17.6. The Kier molecular flexibility index (Phi) is 8.42. The van der Waals surface area contributed by atoms with Crippen LogP contribution in [0.5, 0.6) is 5.75 Å². The van der Waals surface area contributed by atoms with E-state index in [1.165, 1.54) is 36.3 Å². The largest absolute Gasteiger partial charge is 0.497 e. The first-order chi connectivity index (χ1) is 22.4. The highest BCUT2D eigenvalue weighted by molar-refractivity contribution is 7.92. The Morgan fingerprint density at radius 2 is 1.53 bits per heavy atom. The van der Waals surface area contributed by atoms with Crippen molar-refractivity contribution in [3.63, 3.8) is 0 Å². The first-order valence-electron chi connectivity index (χ1n) is 14.6. The number of fused-ring (bicyclic) bond motifs is 1. The van der Waals surface area contributed by atoms with Gasteiger partial charge in [0.25, 0.3) is 15.9 Å². The molecule has 5 aromatic rings. The molecule has 0 spiro atoms. The van der Waals surface area contributed by atoms with E-state index >= 15 is 0 Å². The minimum absolute atomic E-state index is 0.0855. The van der Waals surface area contributed by atoms with Crippen LogP contribution < -0.4 is 19.3 Å². The monoisotopic (exact) mass is 657 g/mol. The standard InChI is InChI=1S/C36H30F3N3O4S/c1-24-11-15-29(16-12-24)42-34(26-9-6-10-27(21-26)36(37,38)39)41(23-25-7-4-3-5-8-25)33-20-19-31(22-32(33)35(42)43)47(44,45)40-28-13-17-30(46-2)18-14-28/h3-22,34,40H,23H2,1-2H3/t34-/m0/s1. The van der Waals surface area contributed by atoms with Gasteiger partial charge in [0, 0.05) is 17.9 Å². The van der Waals surface area contributed by atoms with Gasteiger partial charge in [0.2, 0.25) is 0 Å². The number of hydrogen-bond acceptors (Lipinski definition) is 5. The van der Waals surface area contributed by atoms with Gasteiger partial charge in [0.1, 0.15) is 11.9 Å². The van der Waals surface area contributed by atoms with Crippen LogP contribution in [0.1, 0.15) is 38.8 Å². The third-order valence-corrected chi connectivity index (χ3v) is 9.32. The topological polar surface area (TPSA) is 78.9 Å². The molecular weight excluding hydrogens is 627 g/mol. The number of nitrogens with zero attached hydrogens (tertiary/aromatic N) is 2. The fourth-order valence-corrected chi connectivity index (χ4v) is 6.69. The third-order valence-electron chi connectivity index (χ3n) is 7.94. The molecule has 1 aliphatic heterocycles. The van der Waals surface area contributed by atoms with E-state index in [4.69, 9.17) is 4.74 Å². The summed E-state index contributed by atoms with van der Waals surface area (Å²) in [5.41, 5.74) is 2.37. The molecule has 0 radical (unpaired) electrons. The average Bonchev–Trinajstić information content (AvgIpc) is 3.06. The van der Waals surface area contributed by atoms with Crippen molar-refractivity contribution in [2.24, 2.45) is 0 Å². The summed E-state index contributed by atoms with van der Waals surface area (Å²) in [6, 6.07) is 31.9. The number of methoxy groups -OCH3 is 1. The molecule has 0 bridgehead atoms. The zero-order chi connectivity index (χ0) is 33.3. The number of halogens is 3. The number of ether oxygens (including phenoxy) is 1. The number of anilines is 3. The molecule has 6 rings (SSSR count). The van der Waals surface area contributed by atoms with Crippen LogP contribution in [0.2, 0.25) is 0 Å². The van der Waals surface area contributed by atoms with Gasteiger partial charge in [-0.3, -0.25) is 14.4 Å². The van der Waals surface area contributed by atoms with Gasteiger partial charge in [-0.2, -0.15) is 13.2 Å². The fraction of sp³-hybridized carbons (Fsp3) is 0.139. The SMILES string of the molecule is COc1ccc(NS(=O)(=O)c2ccc3c(c2)C(=O)N(c2ccc(C)cc2)[C@@H](c2cccc(C(F)(F)F)c2)N3Cc2ccccc2)cc1. The van der Waals surface area contributed by atoms with Gasteiger partial charge in [-0.1, -0.05) is 60.2 Å². The molecule has 1 N–H and O–H groups in total. The zero-order valence-electron chi connectivity index (χ0n) is 25.4. The first-order valence-corrected chi connectivity index (χ1v) is 16.1. The van der Waals surface area contributed by atoms with Gasteiger partial charge >= 0.3 is 6.18 Å². The molecule has 0 unspecified atom stereocenters. The van der Waals surface area contributed by atoms with Crippen LogP contribution in [-0.4, -0.2) is 21.4 Å². The summed E-state index contributed by atoms with van der Waals surface area (Å²) in [5, 5.41) is 0. The van der Waals surface area contributed by atoms with Crippen LogP contribution in [0.4, 0.5) is 30.2 Å². The lowest BCUT2D eigenvalue weighted by atomic mass is 9.97. The molecule has 1 aliphatic rings. The van der Waals surface area contributed by atoms with Crippen LogP contribution in [0.25, 0.3) is 0 Å². The molecule has 1 heterocycles. The Labute approximate surface area is 270 Å². The molecule has 0 saturated heterocycles. The smallest absolute Gasteiger partial charge is 0.416 e. The maximum Gasteiger partial charge on any atom is 0.416 e. The molecule has 0 aromatic heterocycles. The minimum atomic E-state index is -4.61. The van der Waals surface area contributed by atoms with E-state index in [9.17, 15) is 26.4 Å². The summed E-state index contributed by atoms with van der Waals surface area (Å²) >= 11 is 0. The number of sulfonamides is 1.